The van der Waals surface area contributed by atoms with Crippen LogP contribution in [0.25, 0.3) is 5.32 Å². The van der Waals surface area contributed by atoms with Crippen molar-refractivity contribution in [2.75, 3.05) is 40.9 Å². The maximum atomic E-state index is 9.73. The Labute approximate surface area is 183 Å². The van der Waals surface area contributed by atoms with Crippen molar-refractivity contribution in [2.45, 2.75) is 51.6 Å². The van der Waals surface area contributed by atoms with Crippen LogP contribution in [0.2, 0.25) is 0 Å². The quantitative estimate of drug-likeness (QED) is 0.306. The van der Waals surface area contributed by atoms with E-state index in [4.69, 9.17) is 14.3 Å². The zero-order valence-corrected chi connectivity index (χ0v) is 21.0. The molecule has 2 aliphatic rings. The van der Waals surface area contributed by atoms with Crippen molar-refractivity contribution in [2.24, 2.45) is 11.8 Å². The predicted octanol–water partition coefficient (Wildman–Crippen LogP) is 1.70. The number of rotatable bonds is 7. The van der Waals surface area contributed by atoms with Crippen molar-refractivity contribution in [3.05, 3.63) is 5.32 Å². The van der Waals surface area contributed by atoms with Crippen molar-refractivity contribution < 1.29 is 50.5 Å². The number of amides is 2. The number of aliphatic hydroxyl groups is 1. The van der Waals surface area contributed by atoms with E-state index in [1.54, 1.807) is 19.4 Å². The fourth-order valence-corrected chi connectivity index (χ4v) is 2.24. The van der Waals surface area contributed by atoms with Crippen molar-refractivity contribution >= 4 is 12.8 Å². The Morgan fingerprint density at radius 2 is 1.77 bits per heavy atom. The molecule has 154 valence electrons. The van der Waals surface area contributed by atoms with Gasteiger partial charge in [-0.1, -0.05) is 13.3 Å². The smallest absolute Gasteiger partial charge is 0.213 e. The molecule has 26 heavy (non-hydrogen) atoms. The molecule has 2 atom stereocenters. The van der Waals surface area contributed by atoms with Crippen molar-refractivity contribution in [3.8, 4) is 0 Å². The van der Waals surface area contributed by atoms with E-state index in [-0.39, 0.29) is 37.2 Å². The molecular formula is C18H38N3O4U-. The van der Waals surface area contributed by atoms with E-state index in [2.05, 4.69) is 17.6 Å². The molecule has 0 aromatic heterocycles. The second-order valence-electron chi connectivity index (χ2n) is 6.11. The molecule has 2 unspecified atom stereocenters. The van der Waals surface area contributed by atoms with Gasteiger partial charge in [-0.2, -0.15) is 14.1 Å². The van der Waals surface area contributed by atoms with Crippen molar-refractivity contribution in [1.29, 1.82) is 0 Å². The van der Waals surface area contributed by atoms with Crippen molar-refractivity contribution in [1.82, 2.24) is 10.6 Å². The summed E-state index contributed by atoms with van der Waals surface area (Å²) in [5.41, 5.74) is 0. The van der Waals surface area contributed by atoms with Crippen LogP contribution in [0.1, 0.15) is 45.4 Å². The molecule has 1 aliphatic carbocycles. The van der Waals surface area contributed by atoms with Crippen LogP contribution in [-0.4, -0.2) is 64.9 Å². The number of carbonyl (C=O) groups excluding carboxylic acids is 2. The molecule has 0 bridgehead atoms. The van der Waals surface area contributed by atoms with Crippen LogP contribution in [-0.2, 0) is 14.3 Å². The molecule has 8 heteroatoms. The average molecular weight is 599 g/mol. The van der Waals surface area contributed by atoms with Gasteiger partial charge in [0, 0.05) is 43.6 Å². The largest absolute Gasteiger partial charge is 0.668 e. The normalized spacial score (nSPS) is 18.7. The van der Waals surface area contributed by atoms with E-state index in [0.717, 1.165) is 32.6 Å². The molecule has 1 heterocycles. The summed E-state index contributed by atoms with van der Waals surface area (Å²) < 4.78 is 5.32. The number of unbranched alkanes of at least 4 members (excludes halogenated alkanes) is 1. The molecule has 1 aliphatic heterocycles. The van der Waals surface area contributed by atoms with E-state index < -0.39 is 0 Å². The Morgan fingerprint density at radius 3 is 2.04 bits per heavy atom. The zero-order chi connectivity index (χ0) is 19.3. The Hall–Kier alpha value is 0.0319. The third kappa shape index (κ3) is 22.1. The first-order valence-electron chi connectivity index (χ1n) is 9.14. The fourth-order valence-electron chi connectivity index (χ4n) is 2.24. The minimum absolute atomic E-state index is 0. The van der Waals surface area contributed by atoms with Gasteiger partial charge < -0.3 is 25.8 Å². The number of hydrogen-bond donors (Lipinski definition) is 3. The van der Waals surface area contributed by atoms with E-state index in [1.165, 1.54) is 25.7 Å². The van der Waals surface area contributed by atoms with Crippen LogP contribution < -0.4 is 10.6 Å². The van der Waals surface area contributed by atoms with Gasteiger partial charge in [-0.25, -0.2) is 0 Å². The Bertz CT molecular complexity index is 280. The first-order valence-corrected chi connectivity index (χ1v) is 9.14. The minimum atomic E-state index is -0.0599. The van der Waals surface area contributed by atoms with Crippen LogP contribution in [0.5, 0.6) is 0 Å². The van der Waals surface area contributed by atoms with Gasteiger partial charge in [0.05, 0.1) is 12.7 Å². The number of carbonyl (C=O) groups is 2. The summed E-state index contributed by atoms with van der Waals surface area (Å²) >= 11 is 0. The maximum absolute atomic E-state index is 9.73. The van der Waals surface area contributed by atoms with Gasteiger partial charge >= 0.3 is 0 Å². The van der Waals surface area contributed by atoms with Crippen LogP contribution in [0.3, 0.4) is 0 Å². The molecule has 3 N–H and O–H groups in total. The number of nitrogens with one attached hydrogen (secondary N) is 2. The van der Waals surface area contributed by atoms with Crippen LogP contribution in [0.15, 0.2) is 0 Å². The van der Waals surface area contributed by atoms with Crippen molar-refractivity contribution in [3.63, 3.8) is 0 Å². The van der Waals surface area contributed by atoms with E-state index in [0.29, 0.717) is 24.7 Å². The van der Waals surface area contributed by atoms with E-state index >= 15 is 0 Å². The SMILES string of the molecule is CCCCNC.C[N-]C.O=CNC=O.OC(C1CC1)C1CCCOC1.[U]. The van der Waals surface area contributed by atoms with Gasteiger partial charge in [0.1, 0.15) is 0 Å². The summed E-state index contributed by atoms with van der Waals surface area (Å²) in [5.74, 6) is 1.05. The van der Waals surface area contributed by atoms with Gasteiger partial charge in [-0.3, -0.25) is 9.59 Å². The van der Waals surface area contributed by atoms with Gasteiger partial charge in [-0.05, 0) is 51.6 Å². The third-order valence-electron chi connectivity index (χ3n) is 3.70. The molecule has 7 nitrogen and oxygen atoms in total. The third-order valence-corrected chi connectivity index (χ3v) is 3.70. The predicted molar refractivity (Wildman–Crippen MR) is 102 cm³/mol. The monoisotopic (exact) mass is 598 g/mol. The van der Waals surface area contributed by atoms with Gasteiger partial charge in [0.2, 0.25) is 12.8 Å². The van der Waals surface area contributed by atoms with Gasteiger partial charge in [-0.15, -0.1) is 0 Å². The minimum Gasteiger partial charge on any atom is -0.668 e. The molecule has 0 aromatic rings. The molecular weight excluding hydrogens is 560 g/mol. The fraction of sp³-hybridized carbons (Fsp3) is 0.889. The number of nitrogens with zero attached hydrogens (tertiary/aromatic N) is 1. The standard InChI is InChI=1S/C9H16O2.C5H13N.C2H3NO2.C2H6N.U/c10-9(7-3-4-7)8-2-1-5-11-6-8;1-3-4-5-6-2;4-1-3-2-5;1-3-2;/h7-10H,1-6H2;6H,3-5H2,1-2H3;1-2H,(H,3,4,5);1-2H3;/q;;;-1;. The first kappa shape index (κ1) is 30.7. The second kappa shape index (κ2) is 25.0. The first-order chi connectivity index (χ1) is 12.1. The van der Waals surface area contributed by atoms with Crippen LogP contribution >= 0.6 is 0 Å². The Balaban J connectivity index is -0.000000305. The number of ether oxygens (including phenoxy) is 1. The molecule has 2 amide bonds. The topological polar surface area (TPSA) is 102 Å². The van der Waals surface area contributed by atoms with Gasteiger partial charge in [0.25, 0.3) is 0 Å². The second-order valence-corrected chi connectivity index (χ2v) is 6.11. The Kier molecular flexibility index (Phi) is 29.6. The molecule has 2 rings (SSSR count). The molecule has 0 spiro atoms. The van der Waals surface area contributed by atoms with Crippen LogP contribution in [0, 0.1) is 42.9 Å². The van der Waals surface area contributed by atoms with Gasteiger partial charge in [0.15, 0.2) is 0 Å². The maximum Gasteiger partial charge on any atom is 0.213 e. The molecule has 0 radical (unpaired) electrons. The zero-order valence-electron chi connectivity index (χ0n) is 16.9. The summed E-state index contributed by atoms with van der Waals surface area (Å²) in [6.45, 7) is 5.04. The summed E-state index contributed by atoms with van der Waals surface area (Å²) in [6, 6.07) is 0. The number of imide groups is 1. The molecule has 0 aromatic carbocycles. The summed E-state index contributed by atoms with van der Waals surface area (Å²) in [6.07, 6.45) is 7.92. The summed E-state index contributed by atoms with van der Waals surface area (Å²) in [7, 11) is 5.48. The molecule has 2 fully saturated rings. The molecule has 1 saturated heterocycles. The van der Waals surface area contributed by atoms with Crippen LogP contribution in [0.4, 0.5) is 0 Å². The Morgan fingerprint density at radius 1 is 1.19 bits per heavy atom. The average Bonchev–Trinajstić information content (AvgIpc) is 3.48. The summed E-state index contributed by atoms with van der Waals surface area (Å²) in [4.78, 5) is 18.1. The number of hydrogen-bond acceptors (Lipinski definition) is 5. The van der Waals surface area contributed by atoms with E-state index in [1.807, 2.05) is 7.05 Å². The number of aliphatic hydroxyl groups excluding tert-OH is 1. The summed E-state index contributed by atoms with van der Waals surface area (Å²) in [5, 5.41) is 18.1. The molecule has 1 saturated carbocycles. The van der Waals surface area contributed by atoms with E-state index in [9.17, 15) is 5.11 Å².